The minimum atomic E-state index is 0.0102. The van der Waals surface area contributed by atoms with Crippen LogP contribution in [0.5, 0.6) is 0 Å². The van der Waals surface area contributed by atoms with Crippen molar-refractivity contribution >= 4 is 99.4 Å². The molecule has 2 aromatic heterocycles. The average Bonchev–Trinajstić information content (AvgIpc) is 3.82. The molecule has 4 heterocycles. The number of fused-ring (bicyclic) bond motifs is 7. The molecule has 64 heavy (non-hydrogen) atoms. The number of thiophene rings is 2. The van der Waals surface area contributed by atoms with Crippen molar-refractivity contribution in [1.29, 1.82) is 0 Å². The molecular formula is C59H63BN2S2. The molecule has 0 spiro atoms. The molecule has 0 aliphatic carbocycles. The van der Waals surface area contributed by atoms with Crippen LogP contribution in [0.2, 0.25) is 0 Å². The molecule has 0 saturated carbocycles. The van der Waals surface area contributed by atoms with Crippen molar-refractivity contribution < 1.29 is 0 Å². The first kappa shape index (κ1) is 42.8. The van der Waals surface area contributed by atoms with E-state index in [9.17, 15) is 0 Å². The second-order valence-electron chi connectivity index (χ2n) is 22.3. The van der Waals surface area contributed by atoms with Crippen molar-refractivity contribution in [2.24, 2.45) is 0 Å². The monoisotopic (exact) mass is 874 g/mol. The van der Waals surface area contributed by atoms with E-state index < -0.39 is 0 Å². The van der Waals surface area contributed by atoms with Crippen molar-refractivity contribution in [3.63, 3.8) is 0 Å². The number of hydrogen-bond donors (Lipinski definition) is 0. The normalized spacial score (nSPS) is 13.9. The molecule has 0 saturated heterocycles. The van der Waals surface area contributed by atoms with E-state index in [1.54, 1.807) is 0 Å². The van der Waals surface area contributed by atoms with Gasteiger partial charge in [0.1, 0.15) is 0 Å². The highest BCUT2D eigenvalue weighted by molar-refractivity contribution is 7.26. The third kappa shape index (κ3) is 6.70. The molecule has 0 unspecified atom stereocenters. The fraction of sp³-hybridized carbons (Fsp3) is 0.322. The lowest BCUT2D eigenvalue weighted by Gasteiger charge is -2.45. The summed E-state index contributed by atoms with van der Waals surface area (Å²) in [6.45, 7) is 35.2. The van der Waals surface area contributed by atoms with Gasteiger partial charge in [0.15, 0.2) is 0 Å². The lowest BCUT2D eigenvalue weighted by atomic mass is 9.33. The molecule has 324 valence electrons. The molecule has 2 nitrogen and oxygen atoms in total. The Labute approximate surface area is 391 Å². The third-order valence-electron chi connectivity index (χ3n) is 14.2. The predicted octanol–water partition coefficient (Wildman–Crippen LogP) is 16.1. The van der Waals surface area contributed by atoms with E-state index in [-0.39, 0.29) is 23.0 Å². The van der Waals surface area contributed by atoms with E-state index in [0.29, 0.717) is 5.92 Å². The zero-order valence-corrected chi connectivity index (χ0v) is 42.3. The molecule has 6 aromatic carbocycles. The molecule has 0 radical (unpaired) electrons. The fourth-order valence-electron chi connectivity index (χ4n) is 10.6. The summed E-state index contributed by atoms with van der Waals surface area (Å²) >= 11 is 3.82. The van der Waals surface area contributed by atoms with E-state index in [4.69, 9.17) is 0 Å². The van der Waals surface area contributed by atoms with Gasteiger partial charge in [0, 0.05) is 37.4 Å². The van der Waals surface area contributed by atoms with Gasteiger partial charge in [-0.1, -0.05) is 143 Å². The van der Waals surface area contributed by atoms with Crippen LogP contribution in [-0.2, 0) is 16.2 Å². The number of hydrogen-bond acceptors (Lipinski definition) is 4. The summed E-state index contributed by atoms with van der Waals surface area (Å²) in [7, 11) is 0. The molecule has 0 bridgehead atoms. The van der Waals surface area contributed by atoms with Gasteiger partial charge in [0.05, 0.1) is 16.4 Å². The summed E-state index contributed by atoms with van der Waals surface area (Å²) in [6, 6.07) is 38.6. The van der Waals surface area contributed by atoms with Crippen LogP contribution in [-0.4, -0.2) is 6.71 Å². The van der Waals surface area contributed by atoms with Crippen LogP contribution in [0.15, 0.2) is 102 Å². The van der Waals surface area contributed by atoms with Crippen LogP contribution >= 0.6 is 22.7 Å². The molecule has 0 fully saturated rings. The zero-order valence-electron chi connectivity index (χ0n) is 40.7. The Morgan fingerprint density at radius 1 is 0.516 bits per heavy atom. The minimum absolute atomic E-state index is 0.0102. The third-order valence-corrected chi connectivity index (χ3v) is 16.3. The zero-order chi connectivity index (χ0) is 45.5. The number of rotatable bonds is 4. The van der Waals surface area contributed by atoms with Crippen molar-refractivity contribution in [3.05, 3.63) is 147 Å². The summed E-state index contributed by atoms with van der Waals surface area (Å²) in [4.78, 5) is 5.39. The Hall–Kier alpha value is -5.10. The quantitative estimate of drug-likeness (QED) is 0.163. The van der Waals surface area contributed by atoms with Crippen LogP contribution in [0.1, 0.15) is 127 Å². The Bertz CT molecular complexity index is 3160. The summed E-state index contributed by atoms with van der Waals surface area (Å²) in [5, 5.41) is 6.40. The maximum absolute atomic E-state index is 2.70. The molecular weight excluding hydrogens is 812 g/mol. The van der Waals surface area contributed by atoms with E-state index >= 15 is 0 Å². The number of anilines is 6. The minimum Gasteiger partial charge on any atom is -0.311 e. The van der Waals surface area contributed by atoms with Gasteiger partial charge in [0.2, 0.25) is 0 Å². The molecule has 5 heteroatoms. The topological polar surface area (TPSA) is 6.48 Å². The van der Waals surface area contributed by atoms with Crippen molar-refractivity contribution in [2.75, 3.05) is 9.80 Å². The lowest BCUT2D eigenvalue weighted by molar-refractivity contribution is 0.589. The van der Waals surface area contributed by atoms with Crippen molar-refractivity contribution in [1.82, 2.24) is 0 Å². The van der Waals surface area contributed by atoms with E-state index in [1.807, 2.05) is 22.7 Å². The van der Waals surface area contributed by atoms with Crippen molar-refractivity contribution in [2.45, 2.75) is 126 Å². The first-order valence-corrected chi connectivity index (χ1v) is 25.0. The standard InChI is InChI=1S/C59H63BN2S2/c1-33(2)39-29-48-53-49(30-39)62(55-36(5)26-42(27-37(55)6)59(13,14)15)56-52(44-31-40(57(7,8)9)21-23-51(44)64-56)60(53)46-22-20-38(45-32-63-50-19-17-16-18-43(45)50)28-47(46)61(48)54-34(3)24-41(25-35(54)4)58(10,11)12/h16-33H,1-15H3. The average molecular weight is 875 g/mol. The first-order valence-electron chi connectivity index (χ1n) is 23.3. The van der Waals surface area contributed by atoms with E-state index in [1.165, 1.54) is 126 Å². The lowest BCUT2D eigenvalue weighted by Crippen LogP contribution is -2.61. The van der Waals surface area contributed by atoms with Crippen LogP contribution in [0.25, 0.3) is 31.3 Å². The van der Waals surface area contributed by atoms with E-state index in [0.717, 1.165) is 0 Å². The molecule has 0 N–H and O–H groups in total. The highest BCUT2D eigenvalue weighted by Gasteiger charge is 2.47. The second kappa shape index (κ2) is 14.7. The van der Waals surface area contributed by atoms with Gasteiger partial charge >= 0.3 is 0 Å². The van der Waals surface area contributed by atoms with Gasteiger partial charge in [-0.3, -0.25) is 0 Å². The fourth-order valence-corrected chi connectivity index (χ4v) is 12.9. The Morgan fingerprint density at radius 2 is 1.08 bits per heavy atom. The Balaban J connectivity index is 1.36. The largest absolute Gasteiger partial charge is 0.311 e. The highest BCUT2D eigenvalue weighted by Crippen LogP contribution is 2.52. The van der Waals surface area contributed by atoms with Crippen LogP contribution in [0.4, 0.5) is 33.4 Å². The van der Waals surface area contributed by atoms with Crippen LogP contribution in [0.3, 0.4) is 0 Å². The summed E-state index contributed by atoms with van der Waals surface area (Å²) in [6.07, 6.45) is 0. The van der Waals surface area contributed by atoms with Crippen LogP contribution in [0, 0.1) is 27.7 Å². The molecule has 10 rings (SSSR count). The maximum atomic E-state index is 2.70. The van der Waals surface area contributed by atoms with Crippen molar-refractivity contribution in [3.8, 4) is 11.1 Å². The van der Waals surface area contributed by atoms with Gasteiger partial charge in [0.25, 0.3) is 6.71 Å². The van der Waals surface area contributed by atoms with Gasteiger partial charge in [-0.15, -0.1) is 22.7 Å². The summed E-state index contributed by atoms with van der Waals surface area (Å²) < 4.78 is 2.67. The van der Waals surface area contributed by atoms with E-state index in [2.05, 4.69) is 216 Å². The van der Waals surface area contributed by atoms with Gasteiger partial charge in [-0.05, 0) is 157 Å². The molecule has 2 aliphatic rings. The predicted molar refractivity (Wildman–Crippen MR) is 286 cm³/mol. The Morgan fingerprint density at radius 3 is 1.66 bits per heavy atom. The number of benzene rings is 6. The first-order chi connectivity index (χ1) is 30.1. The summed E-state index contributed by atoms with van der Waals surface area (Å²) in [5.41, 5.74) is 24.0. The summed E-state index contributed by atoms with van der Waals surface area (Å²) in [5.74, 6) is 0.322. The Kier molecular flexibility index (Phi) is 9.84. The maximum Gasteiger partial charge on any atom is 0.254 e. The van der Waals surface area contributed by atoms with Gasteiger partial charge in [-0.25, -0.2) is 0 Å². The SMILES string of the molecule is Cc1cc(C(C)(C)C)cc(C)c1N1c2cc(-c3csc4ccccc34)ccc2B2c3c1cc(C(C)C)cc3N(c1c(C)cc(C(C)(C)C)cc1C)c1sc3ccc(C(C)(C)C)cc3c12. The number of aryl methyl sites for hydroxylation is 4. The second-order valence-corrected chi connectivity index (χ2v) is 24.3. The number of nitrogens with zero attached hydrogens (tertiary/aromatic N) is 2. The molecule has 0 amide bonds. The molecule has 0 atom stereocenters. The molecule has 2 aliphatic heterocycles. The van der Waals surface area contributed by atoms with Gasteiger partial charge in [-0.2, -0.15) is 0 Å². The van der Waals surface area contributed by atoms with Gasteiger partial charge < -0.3 is 9.80 Å². The smallest absolute Gasteiger partial charge is 0.254 e. The highest BCUT2D eigenvalue weighted by atomic mass is 32.1. The van der Waals surface area contributed by atoms with Crippen LogP contribution < -0.4 is 26.2 Å². The molecule has 8 aromatic rings.